The molecule has 1 aromatic carbocycles. The average molecular weight is 450 g/mol. The molecule has 2 aromatic rings. The summed E-state index contributed by atoms with van der Waals surface area (Å²) in [6, 6.07) is 6.55. The van der Waals surface area contributed by atoms with Crippen LogP contribution in [-0.4, -0.2) is 72.7 Å². The van der Waals surface area contributed by atoms with E-state index < -0.39 is 28.4 Å². The fourth-order valence-corrected chi connectivity index (χ4v) is 4.94. The number of sulfone groups is 1. The first kappa shape index (κ1) is 21.3. The molecule has 1 saturated heterocycles. The Bertz CT molecular complexity index is 1070. The van der Waals surface area contributed by atoms with Crippen molar-refractivity contribution in [3.05, 3.63) is 36.2 Å². The van der Waals surface area contributed by atoms with Crippen LogP contribution < -0.4 is 9.64 Å². The molecular weight excluding hydrogens is 427 g/mol. The number of ether oxygens (including phenoxy) is 1. The Morgan fingerprint density at radius 1 is 1.19 bits per heavy atom. The zero-order valence-corrected chi connectivity index (χ0v) is 17.6. The van der Waals surface area contributed by atoms with Crippen LogP contribution in [0.3, 0.4) is 0 Å². The van der Waals surface area contributed by atoms with Crippen LogP contribution in [0.15, 0.2) is 35.5 Å². The number of hydrogen-bond donors (Lipinski definition) is 1. The molecule has 0 aliphatic carbocycles. The van der Waals surface area contributed by atoms with E-state index in [1.165, 1.54) is 17.3 Å². The van der Waals surface area contributed by atoms with Crippen molar-refractivity contribution in [2.45, 2.75) is 30.3 Å². The second kappa shape index (κ2) is 8.66. The molecule has 1 fully saturated rings. The number of piperidine rings is 1. The normalized spacial score (nSPS) is 16.9. The van der Waals surface area contributed by atoms with E-state index in [0.29, 0.717) is 50.6 Å². The Kier molecular flexibility index (Phi) is 5.94. The molecule has 1 N–H and O–H groups in total. The molecular formula is C20H23FN4O5S. The number of halogens is 1. The fourth-order valence-electron chi connectivity index (χ4n) is 3.91. The van der Waals surface area contributed by atoms with Gasteiger partial charge in [-0.05, 0) is 30.2 Å². The summed E-state index contributed by atoms with van der Waals surface area (Å²) in [6.45, 7) is 0.552. The van der Waals surface area contributed by atoms with E-state index in [1.807, 2.05) is 4.90 Å². The van der Waals surface area contributed by atoms with Gasteiger partial charge in [0.15, 0.2) is 9.84 Å². The second-order valence-corrected chi connectivity index (χ2v) is 9.61. The molecule has 0 atom stereocenters. The van der Waals surface area contributed by atoms with Crippen LogP contribution in [0, 0.1) is 0 Å². The maximum absolute atomic E-state index is 12.6. The first-order valence-electron chi connectivity index (χ1n) is 10.0. The lowest BCUT2D eigenvalue weighted by Crippen LogP contribution is -2.41. The van der Waals surface area contributed by atoms with Crippen molar-refractivity contribution in [1.29, 1.82) is 0 Å². The van der Waals surface area contributed by atoms with E-state index in [1.54, 1.807) is 18.2 Å². The number of benzene rings is 1. The van der Waals surface area contributed by atoms with Crippen molar-refractivity contribution in [3.63, 3.8) is 0 Å². The SMILES string of the molecule is O=C(O)N1CCC(Oc2cc(N3CCc4cc(S(=O)(=O)CCF)ccc43)ncn2)CC1. The van der Waals surface area contributed by atoms with Gasteiger partial charge in [-0.2, -0.15) is 0 Å². The number of amides is 1. The third kappa shape index (κ3) is 4.55. The monoisotopic (exact) mass is 450 g/mol. The Balaban J connectivity index is 1.48. The molecule has 1 aromatic heterocycles. The number of fused-ring (bicyclic) bond motifs is 1. The summed E-state index contributed by atoms with van der Waals surface area (Å²) in [5, 5.41) is 9.05. The van der Waals surface area contributed by atoms with Gasteiger partial charge in [-0.25, -0.2) is 27.6 Å². The van der Waals surface area contributed by atoms with Crippen molar-refractivity contribution in [2.24, 2.45) is 0 Å². The highest BCUT2D eigenvalue weighted by Gasteiger charge is 2.26. The quantitative estimate of drug-likeness (QED) is 0.714. The molecule has 0 unspecified atom stereocenters. The van der Waals surface area contributed by atoms with E-state index in [9.17, 15) is 17.6 Å². The highest BCUT2D eigenvalue weighted by molar-refractivity contribution is 7.91. The maximum atomic E-state index is 12.6. The number of hydrogen-bond acceptors (Lipinski definition) is 7. The summed E-state index contributed by atoms with van der Waals surface area (Å²) < 4.78 is 42.8. The lowest BCUT2D eigenvalue weighted by atomic mass is 10.1. The fraction of sp³-hybridized carbons (Fsp3) is 0.450. The number of carbonyl (C=O) groups is 1. The Hall–Kier alpha value is -2.95. The lowest BCUT2D eigenvalue weighted by Gasteiger charge is -2.30. The minimum Gasteiger partial charge on any atom is -0.474 e. The van der Waals surface area contributed by atoms with Gasteiger partial charge in [-0.3, -0.25) is 0 Å². The Morgan fingerprint density at radius 2 is 1.97 bits per heavy atom. The average Bonchev–Trinajstić information content (AvgIpc) is 3.18. The highest BCUT2D eigenvalue weighted by atomic mass is 32.2. The van der Waals surface area contributed by atoms with E-state index in [0.717, 1.165) is 11.3 Å². The molecule has 4 rings (SSSR count). The highest BCUT2D eigenvalue weighted by Crippen LogP contribution is 2.36. The largest absolute Gasteiger partial charge is 0.474 e. The minimum atomic E-state index is -3.63. The lowest BCUT2D eigenvalue weighted by molar-refractivity contribution is 0.0870. The molecule has 9 nitrogen and oxygen atoms in total. The van der Waals surface area contributed by atoms with Crippen LogP contribution in [0.2, 0.25) is 0 Å². The smallest absolute Gasteiger partial charge is 0.407 e. The molecule has 0 spiro atoms. The standard InChI is InChI=1S/C20H23FN4O5S/c21-6-10-31(28,29)16-1-2-17-14(11-16)3-9-25(17)18-12-19(23-13-22-18)30-15-4-7-24(8-5-15)20(26)27/h1-2,11-13,15H,3-10H2,(H,26,27). The van der Waals surface area contributed by atoms with Gasteiger partial charge in [-0.1, -0.05) is 0 Å². The van der Waals surface area contributed by atoms with Gasteiger partial charge in [0.25, 0.3) is 0 Å². The summed E-state index contributed by atoms with van der Waals surface area (Å²) in [7, 11) is -3.63. The summed E-state index contributed by atoms with van der Waals surface area (Å²) in [5.74, 6) is 0.522. The number of alkyl halides is 1. The molecule has 2 aliphatic rings. The van der Waals surface area contributed by atoms with Crippen LogP contribution in [0.25, 0.3) is 0 Å². The first-order valence-corrected chi connectivity index (χ1v) is 11.7. The molecule has 31 heavy (non-hydrogen) atoms. The molecule has 2 aliphatic heterocycles. The maximum Gasteiger partial charge on any atom is 0.407 e. The first-order chi connectivity index (χ1) is 14.9. The second-order valence-electron chi connectivity index (χ2n) is 7.50. The zero-order valence-electron chi connectivity index (χ0n) is 16.8. The summed E-state index contributed by atoms with van der Waals surface area (Å²) >= 11 is 0. The minimum absolute atomic E-state index is 0.118. The number of carboxylic acid groups (broad SMARTS) is 1. The van der Waals surface area contributed by atoms with Crippen LogP contribution in [0.1, 0.15) is 18.4 Å². The van der Waals surface area contributed by atoms with E-state index in [4.69, 9.17) is 9.84 Å². The Morgan fingerprint density at radius 3 is 2.68 bits per heavy atom. The third-order valence-electron chi connectivity index (χ3n) is 5.56. The number of nitrogens with zero attached hydrogens (tertiary/aromatic N) is 4. The van der Waals surface area contributed by atoms with Crippen molar-refractivity contribution in [1.82, 2.24) is 14.9 Å². The number of rotatable bonds is 6. The van der Waals surface area contributed by atoms with E-state index in [2.05, 4.69) is 9.97 Å². The van der Waals surface area contributed by atoms with Crippen LogP contribution in [0.4, 0.5) is 20.7 Å². The van der Waals surface area contributed by atoms with Crippen LogP contribution in [0.5, 0.6) is 5.88 Å². The molecule has 3 heterocycles. The van der Waals surface area contributed by atoms with Gasteiger partial charge in [0.1, 0.15) is 24.9 Å². The molecule has 0 radical (unpaired) electrons. The predicted molar refractivity (Wildman–Crippen MR) is 110 cm³/mol. The van der Waals surface area contributed by atoms with Crippen molar-refractivity contribution in [3.8, 4) is 5.88 Å². The predicted octanol–water partition coefficient (Wildman–Crippen LogP) is 2.44. The van der Waals surface area contributed by atoms with Gasteiger partial charge in [-0.15, -0.1) is 0 Å². The zero-order chi connectivity index (χ0) is 22.0. The molecule has 166 valence electrons. The number of anilines is 2. The number of likely N-dealkylation sites (tertiary alicyclic amines) is 1. The van der Waals surface area contributed by atoms with Gasteiger partial charge < -0.3 is 19.6 Å². The van der Waals surface area contributed by atoms with Gasteiger partial charge in [0, 0.05) is 44.2 Å². The molecule has 0 bridgehead atoms. The van der Waals surface area contributed by atoms with Crippen molar-refractivity contribution < 1.29 is 27.4 Å². The summed E-state index contributed by atoms with van der Waals surface area (Å²) in [5.41, 5.74) is 1.71. The van der Waals surface area contributed by atoms with Gasteiger partial charge >= 0.3 is 6.09 Å². The van der Waals surface area contributed by atoms with Crippen molar-refractivity contribution in [2.75, 3.05) is 37.0 Å². The molecule has 11 heteroatoms. The summed E-state index contributed by atoms with van der Waals surface area (Å²) in [6.07, 6.45) is 2.20. The van der Waals surface area contributed by atoms with E-state index >= 15 is 0 Å². The van der Waals surface area contributed by atoms with Crippen LogP contribution in [-0.2, 0) is 16.3 Å². The molecule has 0 saturated carbocycles. The third-order valence-corrected chi connectivity index (χ3v) is 7.22. The van der Waals surface area contributed by atoms with Crippen LogP contribution >= 0.6 is 0 Å². The van der Waals surface area contributed by atoms with E-state index in [-0.39, 0.29) is 11.0 Å². The topological polar surface area (TPSA) is 113 Å². The summed E-state index contributed by atoms with van der Waals surface area (Å²) in [4.78, 5) is 23.0. The number of aromatic nitrogens is 2. The van der Waals surface area contributed by atoms with Crippen molar-refractivity contribution >= 4 is 27.4 Å². The Labute approximate surface area is 179 Å². The van der Waals surface area contributed by atoms with Gasteiger partial charge in [0.2, 0.25) is 5.88 Å². The molecule has 1 amide bonds. The van der Waals surface area contributed by atoms with Gasteiger partial charge in [0.05, 0.1) is 10.6 Å².